The second-order valence-corrected chi connectivity index (χ2v) is 8.11. The molecule has 0 radical (unpaired) electrons. The third-order valence-corrected chi connectivity index (χ3v) is 5.94. The maximum absolute atomic E-state index is 12.2. The number of hydrogen-bond acceptors (Lipinski definition) is 6. The lowest BCUT2D eigenvalue weighted by Gasteiger charge is -2.08. The van der Waals surface area contributed by atoms with Crippen LogP contribution >= 0.6 is 11.3 Å². The summed E-state index contributed by atoms with van der Waals surface area (Å²) >= 11 is 1.48. The van der Waals surface area contributed by atoms with Gasteiger partial charge in [0.25, 0.3) is 5.91 Å². The first kappa shape index (κ1) is 20.0. The van der Waals surface area contributed by atoms with Crippen LogP contribution in [0.2, 0.25) is 0 Å². The van der Waals surface area contributed by atoms with Gasteiger partial charge in [-0.1, -0.05) is 18.2 Å². The van der Waals surface area contributed by atoms with E-state index >= 15 is 0 Å². The second-order valence-electron chi connectivity index (χ2n) is 6.97. The van der Waals surface area contributed by atoms with Crippen LogP contribution in [0.15, 0.2) is 70.9 Å². The minimum Gasteiger partial charge on any atom is -0.451 e. The van der Waals surface area contributed by atoms with Crippen molar-refractivity contribution in [3.8, 4) is 0 Å². The van der Waals surface area contributed by atoms with Gasteiger partial charge in [-0.05, 0) is 73.7 Å². The first-order valence-corrected chi connectivity index (χ1v) is 10.6. The van der Waals surface area contributed by atoms with E-state index in [2.05, 4.69) is 15.5 Å². The minimum absolute atomic E-state index is 0.323. The molecule has 3 aromatic rings. The number of esters is 1. The minimum atomic E-state index is -0.443. The van der Waals surface area contributed by atoms with E-state index in [1.807, 2.05) is 36.4 Å². The molecule has 1 aliphatic rings. The molecule has 0 atom stereocenters. The van der Waals surface area contributed by atoms with E-state index < -0.39 is 5.97 Å². The third-order valence-electron chi connectivity index (χ3n) is 4.72. The smallest absolute Gasteiger partial charge is 0.348 e. The molecule has 1 heterocycles. The van der Waals surface area contributed by atoms with Gasteiger partial charge in [0.1, 0.15) is 4.88 Å². The van der Waals surface area contributed by atoms with Crippen molar-refractivity contribution in [2.45, 2.75) is 25.7 Å². The second kappa shape index (κ2) is 9.45. The molecule has 1 aromatic heterocycles. The summed E-state index contributed by atoms with van der Waals surface area (Å²) in [6, 6.07) is 18.3. The maximum Gasteiger partial charge on any atom is 0.348 e. The van der Waals surface area contributed by atoms with Gasteiger partial charge in [-0.3, -0.25) is 4.79 Å². The van der Waals surface area contributed by atoms with Crippen molar-refractivity contribution in [1.82, 2.24) is 0 Å². The zero-order valence-corrected chi connectivity index (χ0v) is 17.2. The van der Waals surface area contributed by atoms with Crippen LogP contribution in [0.3, 0.4) is 0 Å². The average molecular weight is 420 g/mol. The van der Waals surface area contributed by atoms with Gasteiger partial charge < -0.3 is 10.1 Å². The highest BCUT2D eigenvalue weighted by atomic mass is 32.1. The largest absolute Gasteiger partial charge is 0.451 e. The summed E-state index contributed by atoms with van der Waals surface area (Å²) in [6.07, 6.45) is 4.36. The highest BCUT2D eigenvalue weighted by Gasteiger charge is 2.18. The van der Waals surface area contributed by atoms with Crippen molar-refractivity contribution >= 4 is 40.3 Å². The summed E-state index contributed by atoms with van der Waals surface area (Å²) in [5, 5.41) is 11.0. The monoisotopic (exact) mass is 419 g/mol. The molecule has 2 aromatic carbocycles. The Kier molecular flexibility index (Phi) is 6.29. The van der Waals surface area contributed by atoms with Gasteiger partial charge in [-0.2, -0.15) is 10.2 Å². The van der Waals surface area contributed by atoms with Gasteiger partial charge in [0.15, 0.2) is 6.61 Å². The van der Waals surface area contributed by atoms with E-state index in [1.165, 1.54) is 21.8 Å². The Morgan fingerprint density at radius 2 is 1.63 bits per heavy atom. The zero-order chi connectivity index (χ0) is 20.8. The van der Waals surface area contributed by atoms with E-state index in [9.17, 15) is 9.59 Å². The lowest BCUT2D eigenvalue weighted by Crippen LogP contribution is -2.20. The van der Waals surface area contributed by atoms with Crippen molar-refractivity contribution in [1.29, 1.82) is 0 Å². The molecule has 1 N–H and O–H groups in total. The van der Waals surface area contributed by atoms with Crippen molar-refractivity contribution in [3.63, 3.8) is 0 Å². The summed E-state index contributed by atoms with van der Waals surface area (Å²) in [5.74, 6) is -0.829. The third kappa shape index (κ3) is 5.18. The Morgan fingerprint density at radius 3 is 2.37 bits per heavy atom. The number of carbonyl (C=O) groups excluding carboxylic acids is 2. The van der Waals surface area contributed by atoms with Crippen LogP contribution in [0.1, 0.15) is 33.0 Å². The highest BCUT2D eigenvalue weighted by Crippen LogP contribution is 2.30. The van der Waals surface area contributed by atoms with Crippen molar-refractivity contribution in [2.24, 2.45) is 10.2 Å². The highest BCUT2D eigenvalue weighted by molar-refractivity contribution is 7.14. The number of thiophene rings is 1. The van der Waals surface area contributed by atoms with Crippen LogP contribution in [0.4, 0.5) is 17.1 Å². The van der Waals surface area contributed by atoms with E-state index in [1.54, 1.807) is 24.3 Å². The zero-order valence-electron chi connectivity index (χ0n) is 16.3. The summed E-state index contributed by atoms with van der Waals surface area (Å²) in [7, 11) is 0. The fourth-order valence-electron chi connectivity index (χ4n) is 3.21. The number of hydrogen-bond donors (Lipinski definition) is 1. The molecule has 152 valence electrons. The molecular formula is C23H21N3O3S. The summed E-state index contributed by atoms with van der Waals surface area (Å²) in [6.45, 7) is -0.323. The molecule has 0 saturated carbocycles. The number of rotatable bonds is 6. The topological polar surface area (TPSA) is 80.1 Å². The van der Waals surface area contributed by atoms with Gasteiger partial charge in [-0.25, -0.2) is 4.79 Å². The molecule has 0 spiro atoms. The van der Waals surface area contributed by atoms with E-state index in [0.717, 1.165) is 31.4 Å². The number of ether oxygens (including phenoxy) is 1. The summed E-state index contributed by atoms with van der Waals surface area (Å²) in [5.41, 5.74) is 3.28. The maximum atomic E-state index is 12.2. The number of anilines is 1. The lowest BCUT2D eigenvalue weighted by atomic mass is 9.99. The number of aryl methyl sites for hydroxylation is 2. The molecule has 30 heavy (non-hydrogen) atoms. The normalized spacial score (nSPS) is 13.1. The quantitative estimate of drug-likeness (QED) is 0.403. The van der Waals surface area contributed by atoms with Crippen LogP contribution in [0.25, 0.3) is 0 Å². The van der Waals surface area contributed by atoms with E-state index in [4.69, 9.17) is 4.74 Å². The van der Waals surface area contributed by atoms with Gasteiger partial charge in [0.2, 0.25) is 0 Å². The predicted molar refractivity (Wildman–Crippen MR) is 117 cm³/mol. The number of benzene rings is 2. The Morgan fingerprint density at radius 1 is 0.933 bits per heavy atom. The molecule has 7 heteroatoms. The van der Waals surface area contributed by atoms with Gasteiger partial charge >= 0.3 is 5.97 Å². The standard InChI is InChI=1S/C23H21N3O3S/c27-22(15-29-23(28)21-14-16-6-4-5-9-20(16)30-21)24-17-10-12-19(13-11-17)26-25-18-7-2-1-3-8-18/h1-3,7-8,10-14H,4-6,9,15H2,(H,24,27). The van der Waals surface area contributed by atoms with Gasteiger partial charge in [0, 0.05) is 10.6 Å². The molecule has 0 fully saturated rings. The van der Waals surface area contributed by atoms with Gasteiger partial charge in [0.05, 0.1) is 11.4 Å². The number of azo groups is 1. The molecule has 0 aliphatic heterocycles. The fraction of sp³-hybridized carbons (Fsp3) is 0.217. The number of carbonyl (C=O) groups is 2. The first-order valence-electron chi connectivity index (χ1n) is 9.83. The molecule has 6 nitrogen and oxygen atoms in total. The van der Waals surface area contributed by atoms with Crippen molar-refractivity contribution in [2.75, 3.05) is 11.9 Å². The summed E-state index contributed by atoms with van der Waals surface area (Å²) in [4.78, 5) is 26.2. The molecule has 0 saturated heterocycles. The van der Waals surface area contributed by atoms with Crippen molar-refractivity contribution in [3.05, 3.63) is 76.0 Å². The van der Waals surface area contributed by atoms with Gasteiger partial charge in [-0.15, -0.1) is 11.3 Å². The average Bonchev–Trinajstić information content (AvgIpc) is 3.22. The number of nitrogens with one attached hydrogen (secondary N) is 1. The van der Waals surface area contributed by atoms with Crippen LogP contribution in [-0.4, -0.2) is 18.5 Å². The first-order chi connectivity index (χ1) is 14.7. The fourth-order valence-corrected chi connectivity index (χ4v) is 4.36. The van der Waals surface area contributed by atoms with Crippen LogP contribution in [0.5, 0.6) is 0 Å². The Balaban J connectivity index is 1.27. The van der Waals surface area contributed by atoms with E-state index in [0.29, 0.717) is 16.3 Å². The Labute approximate surface area is 178 Å². The van der Waals surface area contributed by atoms with Crippen LogP contribution in [-0.2, 0) is 22.4 Å². The molecule has 4 rings (SSSR count). The van der Waals surface area contributed by atoms with Crippen LogP contribution in [0, 0.1) is 0 Å². The Bertz CT molecular complexity index is 1040. The van der Waals surface area contributed by atoms with Crippen molar-refractivity contribution < 1.29 is 14.3 Å². The predicted octanol–water partition coefficient (Wildman–Crippen LogP) is 5.84. The van der Waals surface area contributed by atoms with Crippen LogP contribution < -0.4 is 5.32 Å². The number of nitrogens with zero attached hydrogens (tertiary/aromatic N) is 2. The lowest BCUT2D eigenvalue weighted by molar-refractivity contribution is -0.119. The molecule has 1 aliphatic carbocycles. The summed E-state index contributed by atoms with van der Waals surface area (Å²) < 4.78 is 5.18. The SMILES string of the molecule is O=C(COC(=O)c1cc2c(s1)CCCC2)Nc1ccc(N=Nc2ccccc2)cc1. The molecule has 0 unspecified atom stereocenters. The molecule has 0 bridgehead atoms. The Hall–Kier alpha value is -3.32. The van der Waals surface area contributed by atoms with E-state index in [-0.39, 0.29) is 12.5 Å². The molecular weight excluding hydrogens is 398 g/mol. The number of amides is 1. The number of fused-ring (bicyclic) bond motifs is 1. The molecule has 1 amide bonds.